The molecule has 33 heavy (non-hydrogen) atoms. The maximum atomic E-state index is 12.8. The third-order valence-electron chi connectivity index (χ3n) is 7.31. The minimum atomic E-state index is -0.345. The lowest BCUT2D eigenvalue weighted by Gasteiger charge is -2.35. The van der Waals surface area contributed by atoms with E-state index in [0.29, 0.717) is 35.5 Å². The average Bonchev–Trinajstić information content (AvgIpc) is 3.21. The highest BCUT2D eigenvalue weighted by molar-refractivity contribution is 7.17. The van der Waals surface area contributed by atoms with E-state index in [1.807, 2.05) is 4.90 Å². The maximum absolute atomic E-state index is 12.8. The Bertz CT molecular complexity index is 854. The molecule has 3 aliphatic rings. The lowest BCUT2D eigenvalue weighted by molar-refractivity contribution is -0.138. The van der Waals surface area contributed by atoms with Crippen molar-refractivity contribution >= 4 is 34.2 Å². The van der Waals surface area contributed by atoms with Crippen LogP contribution in [0.2, 0.25) is 0 Å². The summed E-state index contributed by atoms with van der Waals surface area (Å²) in [6.07, 6.45) is 11.5. The fraction of sp³-hybridized carbons (Fsp3) is 0.720. The van der Waals surface area contributed by atoms with Crippen molar-refractivity contribution in [3.63, 3.8) is 0 Å². The van der Waals surface area contributed by atoms with E-state index in [0.717, 1.165) is 70.0 Å². The van der Waals surface area contributed by atoms with Crippen LogP contribution in [0.3, 0.4) is 0 Å². The number of fused-ring (bicyclic) bond motifs is 1. The molecule has 0 spiro atoms. The zero-order chi connectivity index (χ0) is 23.2. The molecule has 7 nitrogen and oxygen atoms in total. The lowest BCUT2D eigenvalue weighted by Crippen LogP contribution is -2.44. The number of ether oxygens (including phenoxy) is 1. The van der Waals surface area contributed by atoms with Gasteiger partial charge in [0.2, 0.25) is 5.91 Å². The Labute approximate surface area is 200 Å². The maximum Gasteiger partial charge on any atom is 0.341 e. The van der Waals surface area contributed by atoms with Gasteiger partial charge in [0.25, 0.3) is 0 Å². The number of rotatable bonds is 6. The van der Waals surface area contributed by atoms with Gasteiger partial charge in [-0.1, -0.05) is 19.3 Å². The third kappa shape index (κ3) is 5.89. The number of carbonyl (C=O) groups is 3. The van der Waals surface area contributed by atoms with Gasteiger partial charge in [-0.25, -0.2) is 9.59 Å². The standard InChI is InChI=1S/C25H37N3O4S/c1-2-32-24(30)21-19-10-6-7-11-20(19)33-22(21)27-25(31)26-16-17-12-14-28(15-13-17)23(29)18-8-4-3-5-9-18/h17-18H,2-16H2,1H3,(H2,26,27,31). The smallest absolute Gasteiger partial charge is 0.341 e. The van der Waals surface area contributed by atoms with Crippen LogP contribution in [0.1, 0.15) is 85.5 Å². The molecule has 8 heteroatoms. The molecule has 3 amide bonds. The molecule has 2 N–H and O–H groups in total. The Balaban J connectivity index is 1.27. The molecule has 1 aliphatic heterocycles. The van der Waals surface area contributed by atoms with Gasteiger partial charge in [0.05, 0.1) is 12.2 Å². The van der Waals surface area contributed by atoms with Crippen LogP contribution in [-0.2, 0) is 22.4 Å². The zero-order valence-corrected chi connectivity index (χ0v) is 20.6. The number of urea groups is 1. The highest BCUT2D eigenvalue weighted by Gasteiger charge is 2.30. The van der Waals surface area contributed by atoms with Crippen molar-refractivity contribution in [1.82, 2.24) is 10.2 Å². The van der Waals surface area contributed by atoms with Crippen LogP contribution >= 0.6 is 11.3 Å². The minimum Gasteiger partial charge on any atom is -0.462 e. The number of aryl methyl sites for hydroxylation is 1. The summed E-state index contributed by atoms with van der Waals surface area (Å²) in [5.74, 6) is 0.589. The van der Waals surface area contributed by atoms with Gasteiger partial charge in [-0.2, -0.15) is 0 Å². The molecule has 0 bridgehead atoms. The molecular formula is C25H37N3O4S. The summed E-state index contributed by atoms with van der Waals surface area (Å²) in [6, 6.07) is -0.278. The van der Waals surface area contributed by atoms with Crippen LogP contribution in [0.4, 0.5) is 9.80 Å². The molecule has 1 aromatic rings. The molecule has 0 atom stereocenters. The number of thiophene rings is 1. The van der Waals surface area contributed by atoms with Crippen molar-refractivity contribution in [3.05, 3.63) is 16.0 Å². The van der Waals surface area contributed by atoms with Crippen LogP contribution in [0.15, 0.2) is 0 Å². The first-order valence-corrected chi connectivity index (χ1v) is 13.5. The SMILES string of the molecule is CCOC(=O)c1c(NC(=O)NCC2CCN(C(=O)C3CCCCC3)CC2)sc2c1CCCC2. The Morgan fingerprint density at radius 3 is 2.45 bits per heavy atom. The minimum absolute atomic E-state index is 0.226. The van der Waals surface area contributed by atoms with Gasteiger partial charge >= 0.3 is 12.0 Å². The number of hydrogen-bond acceptors (Lipinski definition) is 5. The topological polar surface area (TPSA) is 87.7 Å². The number of piperidine rings is 1. The fourth-order valence-electron chi connectivity index (χ4n) is 5.42. The largest absolute Gasteiger partial charge is 0.462 e. The van der Waals surface area contributed by atoms with Gasteiger partial charge in [0, 0.05) is 30.4 Å². The summed E-state index contributed by atoms with van der Waals surface area (Å²) in [5, 5.41) is 6.51. The van der Waals surface area contributed by atoms with E-state index in [2.05, 4.69) is 10.6 Å². The van der Waals surface area contributed by atoms with E-state index in [1.165, 1.54) is 35.5 Å². The Morgan fingerprint density at radius 1 is 1.00 bits per heavy atom. The van der Waals surface area contributed by atoms with E-state index in [9.17, 15) is 14.4 Å². The number of carbonyl (C=O) groups excluding carboxylic acids is 3. The van der Waals surface area contributed by atoms with Gasteiger partial charge in [0.15, 0.2) is 0 Å². The number of likely N-dealkylation sites (tertiary alicyclic amines) is 1. The van der Waals surface area contributed by atoms with Crippen molar-refractivity contribution in [2.45, 2.75) is 77.6 Å². The molecule has 2 heterocycles. The molecular weight excluding hydrogens is 438 g/mol. The van der Waals surface area contributed by atoms with Crippen LogP contribution in [-0.4, -0.2) is 49.0 Å². The van der Waals surface area contributed by atoms with Crippen molar-refractivity contribution in [2.75, 3.05) is 31.6 Å². The average molecular weight is 476 g/mol. The molecule has 4 rings (SSSR count). The molecule has 0 radical (unpaired) electrons. The van der Waals surface area contributed by atoms with Gasteiger partial charge in [-0.05, 0) is 69.8 Å². The predicted molar refractivity (Wildman–Crippen MR) is 130 cm³/mol. The highest BCUT2D eigenvalue weighted by atomic mass is 32.1. The summed E-state index contributed by atoms with van der Waals surface area (Å²) in [7, 11) is 0. The van der Waals surface area contributed by atoms with Gasteiger partial charge in [-0.3, -0.25) is 10.1 Å². The van der Waals surface area contributed by atoms with Crippen LogP contribution in [0.5, 0.6) is 0 Å². The van der Waals surface area contributed by atoms with Crippen molar-refractivity contribution < 1.29 is 19.1 Å². The Morgan fingerprint density at radius 2 is 1.73 bits per heavy atom. The number of anilines is 1. The number of hydrogen-bond donors (Lipinski definition) is 2. The van der Waals surface area contributed by atoms with Crippen LogP contribution in [0, 0.1) is 11.8 Å². The summed E-state index contributed by atoms with van der Waals surface area (Å²) in [5.41, 5.74) is 1.59. The highest BCUT2D eigenvalue weighted by Crippen LogP contribution is 2.38. The first-order chi connectivity index (χ1) is 16.1. The van der Waals surface area contributed by atoms with E-state index in [4.69, 9.17) is 4.74 Å². The van der Waals surface area contributed by atoms with Crippen molar-refractivity contribution in [3.8, 4) is 0 Å². The number of esters is 1. The predicted octanol–water partition coefficient (Wildman–Crippen LogP) is 4.74. The Kier molecular flexibility index (Phi) is 8.28. The first kappa shape index (κ1) is 24.0. The quantitative estimate of drug-likeness (QED) is 0.582. The summed E-state index contributed by atoms with van der Waals surface area (Å²) in [4.78, 5) is 41.2. The molecule has 0 aromatic carbocycles. The summed E-state index contributed by atoms with van der Waals surface area (Å²) >= 11 is 1.51. The van der Waals surface area contributed by atoms with E-state index in [1.54, 1.807) is 6.92 Å². The second-order valence-corrected chi connectivity index (χ2v) is 10.7. The molecule has 2 fully saturated rings. The van der Waals surface area contributed by atoms with Gasteiger partial charge in [-0.15, -0.1) is 11.3 Å². The number of nitrogens with zero attached hydrogens (tertiary/aromatic N) is 1. The van der Waals surface area contributed by atoms with Crippen molar-refractivity contribution in [2.24, 2.45) is 11.8 Å². The molecule has 1 saturated carbocycles. The second kappa shape index (κ2) is 11.4. The summed E-state index contributed by atoms with van der Waals surface area (Å²) < 4.78 is 5.27. The molecule has 2 aliphatic carbocycles. The first-order valence-electron chi connectivity index (χ1n) is 12.7. The van der Waals surface area contributed by atoms with Crippen LogP contribution < -0.4 is 10.6 Å². The monoisotopic (exact) mass is 475 g/mol. The lowest BCUT2D eigenvalue weighted by atomic mass is 9.87. The van der Waals surface area contributed by atoms with Crippen LogP contribution in [0.25, 0.3) is 0 Å². The second-order valence-electron chi connectivity index (χ2n) is 9.57. The van der Waals surface area contributed by atoms with Crippen molar-refractivity contribution in [1.29, 1.82) is 0 Å². The third-order valence-corrected chi connectivity index (χ3v) is 8.52. The normalized spacial score (nSPS) is 19.6. The molecule has 1 aromatic heterocycles. The fourth-order valence-corrected chi connectivity index (χ4v) is 6.70. The molecule has 182 valence electrons. The number of amides is 3. The number of nitrogens with one attached hydrogen (secondary N) is 2. The van der Waals surface area contributed by atoms with E-state index in [-0.39, 0.29) is 17.9 Å². The van der Waals surface area contributed by atoms with Gasteiger partial charge in [0.1, 0.15) is 5.00 Å². The van der Waals surface area contributed by atoms with E-state index >= 15 is 0 Å². The summed E-state index contributed by atoms with van der Waals surface area (Å²) in [6.45, 7) is 4.26. The zero-order valence-electron chi connectivity index (χ0n) is 19.7. The molecule has 1 saturated heterocycles. The van der Waals surface area contributed by atoms with E-state index < -0.39 is 0 Å². The Hall–Kier alpha value is -2.09. The molecule has 0 unspecified atom stereocenters. The van der Waals surface area contributed by atoms with Gasteiger partial charge < -0.3 is 15.0 Å².